The summed E-state index contributed by atoms with van der Waals surface area (Å²) in [5, 5.41) is 16.6. The lowest BCUT2D eigenvalue weighted by Crippen LogP contribution is -2.33. The molecule has 0 bridgehead atoms. The number of ether oxygens (including phenoxy) is 1. The topological polar surface area (TPSA) is 121 Å². The molecule has 3 aromatic rings. The number of nitrogens with zero attached hydrogens (tertiary/aromatic N) is 2. The normalized spacial score (nSPS) is 13.3. The first kappa shape index (κ1) is 24.5. The Kier molecular flexibility index (Phi) is 7.55. The second kappa shape index (κ2) is 10.8. The van der Waals surface area contributed by atoms with E-state index in [4.69, 9.17) is 26.7 Å². The van der Waals surface area contributed by atoms with Crippen molar-refractivity contribution in [3.05, 3.63) is 58.9 Å². The van der Waals surface area contributed by atoms with Crippen molar-refractivity contribution in [3.8, 4) is 5.75 Å². The zero-order chi connectivity index (χ0) is 24.9. The number of methoxy groups -OCH3 is 1. The van der Waals surface area contributed by atoms with E-state index in [9.17, 15) is 9.59 Å². The number of aryl methyl sites for hydroxylation is 1. The van der Waals surface area contributed by atoms with Gasteiger partial charge in [0.15, 0.2) is 0 Å². The van der Waals surface area contributed by atoms with Gasteiger partial charge in [0.2, 0.25) is 0 Å². The standard InChI is InChI=1S/C25H29ClN6O3/c1-3-32-20-10-9-16(35-2)12-19(20)30-23(32)18(8-5-11-28-21(27)13-26)31-24(33)17-7-4-6-15-14-29-25(34)22(15)17/h4,6-7,9-10,12,18H,3,5,8,11,13-14H2,1-2H3,(H2,27,28)(H,29,34)(H,31,33). The van der Waals surface area contributed by atoms with Gasteiger partial charge in [0, 0.05) is 25.7 Å². The number of rotatable bonds is 10. The van der Waals surface area contributed by atoms with Crippen LogP contribution < -0.4 is 20.7 Å². The highest BCUT2D eigenvalue weighted by atomic mass is 35.5. The average molecular weight is 497 g/mol. The third kappa shape index (κ3) is 5.09. The minimum atomic E-state index is -0.409. The molecule has 1 aliphatic heterocycles. The molecule has 2 aromatic carbocycles. The summed E-state index contributed by atoms with van der Waals surface area (Å²) in [5.74, 6) is 1.26. The van der Waals surface area contributed by atoms with Crippen molar-refractivity contribution in [1.29, 1.82) is 5.41 Å². The molecule has 0 saturated heterocycles. The number of benzene rings is 2. The quantitative estimate of drug-likeness (QED) is 0.148. The number of aromatic nitrogens is 2. The van der Waals surface area contributed by atoms with E-state index in [1.807, 2.05) is 31.2 Å². The summed E-state index contributed by atoms with van der Waals surface area (Å²) >= 11 is 5.69. The zero-order valence-electron chi connectivity index (χ0n) is 19.8. The van der Waals surface area contributed by atoms with Crippen LogP contribution in [-0.2, 0) is 13.1 Å². The third-order valence-electron chi connectivity index (χ3n) is 6.12. The van der Waals surface area contributed by atoms with Gasteiger partial charge >= 0.3 is 0 Å². The first-order valence-electron chi connectivity index (χ1n) is 11.6. The number of alkyl halides is 1. The predicted octanol–water partition coefficient (Wildman–Crippen LogP) is 3.37. The van der Waals surface area contributed by atoms with Crippen molar-refractivity contribution in [3.63, 3.8) is 0 Å². The van der Waals surface area contributed by atoms with Gasteiger partial charge in [-0.15, -0.1) is 11.6 Å². The van der Waals surface area contributed by atoms with Crippen LogP contribution in [0.25, 0.3) is 11.0 Å². The second-order valence-corrected chi connectivity index (χ2v) is 8.57. The molecule has 0 radical (unpaired) electrons. The number of fused-ring (bicyclic) bond motifs is 2. The Bertz CT molecular complexity index is 1270. The molecular formula is C25H29ClN6O3. The summed E-state index contributed by atoms with van der Waals surface area (Å²) < 4.78 is 7.44. The number of amidine groups is 1. The van der Waals surface area contributed by atoms with E-state index in [2.05, 4.69) is 20.5 Å². The van der Waals surface area contributed by atoms with E-state index < -0.39 is 6.04 Å². The van der Waals surface area contributed by atoms with Crippen LogP contribution in [0.2, 0.25) is 0 Å². The molecule has 0 saturated carbocycles. The van der Waals surface area contributed by atoms with E-state index >= 15 is 0 Å². The fourth-order valence-corrected chi connectivity index (χ4v) is 4.51. The molecule has 0 spiro atoms. The van der Waals surface area contributed by atoms with Crippen molar-refractivity contribution in [2.75, 3.05) is 19.5 Å². The number of hydrogen-bond acceptors (Lipinski definition) is 5. The van der Waals surface area contributed by atoms with Crippen LogP contribution in [0.4, 0.5) is 0 Å². The molecule has 4 rings (SSSR count). The highest BCUT2D eigenvalue weighted by Gasteiger charge is 2.28. The fourth-order valence-electron chi connectivity index (χ4n) is 4.42. The summed E-state index contributed by atoms with van der Waals surface area (Å²) in [7, 11) is 1.61. The maximum atomic E-state index is 13.4. The lowest BCUT2D eigenvalue weighted by molar-refractivity contribution is 0.0912. The van der Waals surface area contributed by atoms with Gasteiger partial charge in [0.1, 0.15) is 17.4 Å². The highest BCUT2D eigenvalue weighted by molar-refractivity contribution is 6.27. The van der Waals surface area contributed by atoms with E-state index in [0.717, 1.165) is 22.4 Å². The molecule has 2 amide bonds. The largest absolute Gasteiger partial charge is 0.497 e. The number of nitrogens with one attached hydrogen (secondary N) is 4. The summed E-state index contributed by atoms with van der Waals surface area (Å²) in [5.41, 5.74) is 3.32. The Morgan fingerprint density at radius 3 is 2.91 bits per heavy atom. The number of carbonyl (C=O) groups excluding carboxylic acids is 2. The van der Waals surface area contributed by atoms with E-state index in [-0.39, 0.29) is 23.5 Å². The molecule has 1 aromatic heterocycles. The van der Waals surface area contributed by atoms with E-state index in [1.165, 1.54) is 0 Å². The van der Waals surface area contributed by atoms with Gasteiger partial charge in [-0.25, -0.2) is 4.98 Å². The fraction of sp³-hybridized carbons (Fsp3) is 0.360. The van der Waals surface area contributed by atoms with Gasteiger partial charge in [0.25, 0.3) is 11.8 Å². The monoisotopic (exact) mass is 496 g/mol. The Balaban J connectivity index is 1.66. The number of carbonyl (C=O) groups is 2. The zero-order valence-corrected chi connectivity index (χ0v) is 20.5. The second-order valence-electron chi connectivity index (χ2n) is 8.30. The van der Waals surface area contributed by atoms with Crippen molar-refractivity contribution in [1.82, 2.24) is 25.5 Å². The lowest BCUT2D eigenvalue weighted by atomic mass is 10.0. The Hall–Kier alpha value is -3.59. The minimum Gasteiger partial charge on any atom is -0.497 e. The van der Waals surface area contributed by atoms with Gasteiger partial charge in [0.05, 0.1) is 41.2 Å². The molecule has 9 nitrogen and oxygen atoms in total. The first-order chi connectivity index (χ1) is 17.0. The highest BCUT2D eigenvalue weighted by Crippen LogP contribution is 2.28. The third-order valence-corrected chi connectivity index (χ3v) is 6.39. The van der Waals surface area contributed by atoms with Gasteiger partial charge < -0.3 is 25.3 Å². The Labute approximate surface area is 208 Å². The predicted molar refractivity (Wildman–Crippen MR) is 135 cm³/mol. The number of hydrogen-bond donors (Lipinski definition) is 4. The van der Waals surface area contributed by atoms with Crippen LogP contribution in [0, 0.1) is 5.41 Å². The van der Waals surface area contributed by atoms with Gasteiger partial charge in [-0.3, -0.25) is 15.0 Å². The maximum absolute atomic E-state index is 13.4. The van der Waals surface area contributed by atoms with Crippen LogP contribution in [-0.4, -0.2) is 46.7 Å². The van der Waals surface area contributed by atoms with E-state index in [0.29, 0.717) is 49.4 Å². The first-order valence-corrected chi connectivity index (χ1v) is 12.1. The Morgan fingerprint density at radius 1 is 1.34 bits per heavy atom. The molecular weight excluding hydrogens is 468 g/mol. The molecule has 10 heteroatoms. The average Bonchev–Trinajstić information content (AvgIpc) is 3.45. The molecule has 1 atom stereocenters. The van der Waals surface area contributed by atoms with Crippen molar-refractivity contribution >= 4 is 40.3 Å². The van der Waals surface area contributed by atoms with Crippen LogP contribution in [0.5, 0.6) is 5.75 Å². The SMILES string of the molecule is CCn1c(C(CCCNC(=N)CCl)NC(=O)c2cccc3c2C(=O)NC3)nc2cc(OC)ccc21. The van der Waals surface area contributed by atoms with Gasteiger partial charge in [-0.2, -0.15) is 0 Å². The summed E-state index contributed by atoms with van der Waals surface area (Å²) in [4.78, 5) is 30.7. The molecule has 184 valence electrons. The number of halogens is 1. The van der Waals surface area contributed by atoms with Crippen LogP contribution >= 0.6 is 11.6 Å². The molecule has 1 unspecified atom stereocenters. The number of amides is 2. The molecule has 35 heavy (non-hydrogen) atoms. The summed E-state index contributed by atoms with van der Waals surface area (Å²) in [6.07, 6.45) is 1.25. The summed E-state index contributed by atoms with van der Waals surface area (Å²) in [6, 6.07) is 10.6. The maximum Gasteiger partial charge on any atom is 0.252 e. The molecule has 0 fully saturated rings. The Morgan fingerprint density at radius 2 is 2.17 bits per heavy atom. The molecule has 2 heterocycles. The number of imidazole rings is 1. The molecule has 0 aliphatic carbocycles. The summed E-state index contributed by atoms with van der Waals surface area (Å²) in [6.45, 7) is 3.67. The molecule has 4 N–H and O–H groups in total. The van der Waals surface area contributed by atoms with Gasteiger partial charge in [-0.05, 0) is 43.5 Å². The minimum absolute atomic E-state index is 0.120. The van der Waals surface area contributed by atoms with E-state index in [1.54, 1.807) is 19.2 Å². The van der Waals surface area contributed by atoms with Crippen LogP contribution in [0.1, 0.15) is 57.9 Å². The lowest BCUT2D eigenvalue weighted by Gasteiger charge is -2.20. The van der Waals surface area contributed by atoms with Crippen molar-refractivity contribution < 1.29 is 14.3 Å². The smallest absolute Gasteiger partial charge is 0.252 e. The van der Waals surface area contributed by atoms with Gasteiger partial charge in [-0.1, -0.05) is 12.1 Å². The van der Waals surface area contributed by atoms with Crippen LogP contribution in [0.3, 0.4) is 0 Å². The molecule has 1 aliphatic rings. The van der Waals surface area contributed by atoms with Crippen molar-refractivity contribution in [2.24, 2.45) is 0 Å². The van der Waals surface area contributed by atoms with Crippen LogP contribution in [0.15, 0.2) is 36.4 Å². The van der Waals surface area contributed by atoms with Crippen molar-refractivity contribution in [2.45, 2.75) is 38.9 Å².